The highest BCUT2D eigenvalue weighted by Crippen LogP contribution is 2.34. The third-order valence-electron chi connectivity index (χ3n) is 4.84. The molecule has 6 nitrogen and oxygen atoms in total. The summed E-state index contributed by atoms with van der Waals surface area (Å²) in [5, 5.41) is 2.70. The predicted molar refractivity (Wildman–Crippen MR) is 131 cm³/mol. The Balaban J connectivity index is 0.00000272. The van der Waals surface area contributed by atoms with Crippen LogP contribution in [0.3, 0.4) is 0 Å². The minimum Gasteiger partial charge on any atom is -0.492 e. The van der Waals surface area contributed by atoms with Crippen molar-refractivity contribution in [1.29, 1.82) is 0 Å². The first-order valence-corrected chi connectivity index (χ1v) is 11.8. The minimum absolute atomic E-state index is 0. The van der Waals surface area contributed by atoms with Gasteiger partial charge in [0.25, 0.3) is 5.91 Å². The molecule has 0 aliphatic carbocycles. The molecule has 1 aromatic carbocycles. The Morgan fingerprint density at radius 3 is 2.87 bits per heavy atom. The summed E-state index contributed by atoms with van der Waals surface area (Å²) in [5.41, 5.74) is 0.811. The van der Waals surface area contributed by atoms with Crippen LogP contribution in [0.1, 0.15) is 11.8 Å². The molecule has 0 bridgehead atoms. The van der Waals surface area contributed by atoms with Crippen LogP contribution in [0.5, 0.6) is 5.75 Å². The topological polar surface area (TPSA) is 54.9 Å². The lowest BCUT2D eigenvalue weighted by atomic mass is 10.3. The number of aromatic nitrogens is 1. The second-order valence-electron chi connectivity index (χ2n) is 6.82. The van der Waals surface area contributed by atoms with Gasteiger partial charge in [0.2, 0.25) is 0 Å². The van der Waals surface area contributed by atoms with Crippen molar-refractivity contribution in [2.24, 2.45) is 0 Å². The molecular weight excluding hydrogens is 454 g/mol. The fourth-order valence-corrected chi connectivity index (χ4v) is 4.93. The van der Waals surface area contributed by atoms with Crippen molar-refractivity contribution in [3.05, 3.63) is 46.7 Å². The van der Waals surface area contributed by atoms with Crippen LogP contribution >= 0.6 is 35.1 Å². The van der Waals surface area contributed by atoms with Crippen LogP contribution in [0.2, 0.25) is 0 Å². The SMILES string of the molecule is CCOc1cccc2sc(N(CCN3CCOCC3)C(=O)/C=C/c3cccs3)nc12.Cl. The molecule has 31 heavy (non-hydrogen) atoms. The number of halogens is 1. The molecule has 1 aliphatic heterocycles. The number of hydrogen-bond acceptors (Lipinski definition) is 7. The maximum Gasteiger partial charge on any atom is 0.252 e. The smallest absolute Gasteiger partial charge is 0.252 e. The van der Waals surface area contributed by atoms with E-state index in [4.69, 9.17) is 14.5 Å². The van der Waals surface area contributed by atoms with E-state index in [0.717, 1.165) is 53.7 Å². The number of ether oxygens (including phenoxy) is 2. The number of thiazole rings is 1. The van der Waals surface area contributed by atoms with Gasteiger partial charge in [0.1, 0.15) is 11.3 Å². The Morgan fingerprint density at radius 2 is 2.13 bits per heavy atom. The number of morpholine rings is 1. The van der Waals surface area contributed by atoms with Gasteiger partial charge in [-0.05, 0) is 36.6 Å². The zero-order chi connectivity index (χ0) is 20.8. The number of anilines is 1. The third-order valence-corrected chi connectivity index (χ3v) is 6.73. The van der Waals surface area contributed by atoms with E-state index in [1.54, 1.807) is 22.3 Å². The molecule has 4 rings (SSSR count). The fourth-order valence-electron chi connectivity index (χ4n) is 3.29. The van der Waals surface area contributed by atoms with Crippen molar-refractivity contribution in [3.63, 3.8) is 0 Å². The molecule has 0 spiro atoms. The number of benzene rings is 1. The van der Waals surface area contributed by atoms with Crippen molar-refractivity contribution in [3.8, 4) is 5.75 Å². The van der Waals surface area contributed by atoms with Gasteiger partial charge < -0.3 is 9.47 Å². The molecule has 2 aromatic heterocycles. The van der Waals surface area contributed by atoms with Crippen LogP contribution in [-0.4, -0.2) is 61.8 Å². The zero-order valence-corrected chi connectivity index (χ0v) is 19.8. The van der Waals surface area contributed by atoms with E-state index in [0.29, 0.717) is 18.3 Å². The van der Waals surface area contributed by atoms with E-state index in [9.17, 15) is 4.79 Å². The van der Waals surface area contributed by atoms with E-state index in [2.05, 4.69) is 4.90 Å². The molecular formula is C22H26ClN3O3S2. The van der Waals surface area contributed by atoms with E-state index < -0.39 is 0 Å². The van der Waals surface area contributed by atoms with Gasteiger partial charge in [-0.15, -0.1) is 23.7 Å². The number of carbonyl (C=O) groups is 1. The normalized spacial score (nSPS) is 14.6. The van der Waals surface area contributed by atoms with Crippen LogP contribution < -0.4 is 9.64 Å². The number of para-hydroxylation sites is 1. The highest BCUT2D eigenvalue weighted by Gasteiger charge is 2.21. The lowest BCUT2D eigenvalue weighted by Crippen LogP contribution is -2.42. The quantitative estimate of drug-likeness (QED) is 0.443. The lowest BCUT2D eigenvalue weighted by Gasteiger charge is -2.28. The molecule has 3 heterocycles. The average molecular weight is 480 g/mol. The first-order chi connectivity index (χ1) is 14.7. The Labute approximate surface area is 196 Å². The van der Waals surface area contributed by atoms with Gasteiger partial charge in [-0.25, -0.2) is 4.98 Å². The van der Waals surface area contributed by atoms with Gasteiger partial charge in [0.05, 0.1) is 24.5 Å². The Morgan fingerprint density at radius 1 is 1.29 bits per heavy atom. The van der Waals surface area contributed by atoms with Gasteiger partial charge in [-0.3, -0.25) is 14.6 Å². The molecule has 0 N–H and O–H groups in total. The van der Waals surface area contributed by atoms with Gasteiger partial charge >= 0.3 is 0 Å². The molecule has 1 amide bonds. The van der Waals surface area contributed by atoms with Gasteiger partial charge in [-0.2, -0.15) is 0 Å². The van der Waals surface area contributed by atoms with Gasteiger partial charge in [0, 0.05) is 37.1 Å². The molecule has 166 valence electrons. The maximum absolute atomic E-state index is 13.1. The van der Waals surface area contributed by atoms with Crippen molar-refractivity contribution in [2.45, 2.75) is 6.92 Å². The first-order valence-electron chi connectivity index (χ1n) is 10.1. The summed E-state index contributed by atoms with van der Waals surface area (Å²) >= 11 is 3.13. The maximum atomic E-state index is 13.1. The number of hydrogen-bond donors (Lipinski definition) is 0. The first kappa shape index (κ1) is 23.7. The molecule has 9 heteroatoms. The Kier molecular flexibility index (Phi) is 8.86. The minimum atomic E-state index is -0.0614. The van der Waals surface area contributed by atoms with Crippen molar-refractivity contribution in [1.82, 2.24) is 9.88 Å². The molecule has 1 saturated heterocycles. The van der Waals surface area contributed by atoms with E-state index in [1.165, 1.54) is 11.3 Å². The van der Waals surface area contributed by atoms with E-state index >= 15 is 0 Å². The fraction of sp³-hybridized carbons (Fsp3) is 0.364. The number of carbonyl (C=O) groups excluding carboxylic acids is 1. The predicted octanol–water partition coefficient (Wildman–Crippen LogP) is 4.56. The number of fused-ring (bicyclic) bond motifs is 1. The van der Waals surface area contributed by atoms with Crippen LogP contribution in [0.4, 0.5) is 5.13 Å². The van der Waals surface area contributed by atoms with Gasteiger partial charge in [0.15, 0.2) is 5.13 Å². The standard InChI is InChI=1S/C22H25N3O3S2.ClH/c1-2-28-18-6-3-7-19-21(18)23-22(30-19)25(11-10-24-12-14-27-15-13-24)20(26)9-8-17-5-4-16-29-17;/h3-9,16H,2,10-15H2,1H3;1H/b9-8+;. The summed E-state index contributed by atoms with van der Waals surface area (Å²) in [7, 11) is 0. The van der Waals surface area contributed by atoms with Crippen LogP contribution in [0.15, 0.2) is 41.8 Å². The second-order valence-corrected chi connectivity index (χ2v) is 8.81. The largest absolute Gasteiger partial charge is 0.492 e. The number of amides is 1. The van der Waals surface area contributed by atoms with Crippen LogP contribution in [0.25, 0.3) is 16.3 Å². The van der Waals surface area contributed by atoms with E-state index in [1.807, 2.05) is 48.7 Å². The molecule has 0 saturated carbocycles. The monoisotopic (exact) mass is 479 g/mol. The summed E-state index contributed by atoms with van der Waals surface area (Å²) < 4.78 is 12.2. The molecule has 0 unspecified atom stereocenters. The second kappa shape index (κ2) is 11.6. The Hall–Kier alpha value is -1.97. The summed E-state index contributed by atoms with van der Waals surface area (Å²) in [6.07, 6.45) is 3.51. The number of thiophene rings is 1. The summed E-state index contributed by atoms with van der Waals surface area (Å²) in [6, 6.07) is 9.88. The summed E-state index contributed by atoms with van der Waals surface area (Å²) in [5.74, 6) is 0.695. The number of rotatable bonds is 8. The van der Waals surface area contributed by atoms with Crippen LogP contribution in [-0.2, 0) is 9.53 Å². The van der Waals surface area contributed by atoms with Crippen molar-refractivity contribution < 1.29 is 14.3 Å². The molecule has 1 fully saturated rings. The number of nitrogens with zero attached hydrogens (tertiary/aromatic N) is 3. The summed E-state index contributed by atoms with van der Waals surface area (Å²) in [4.78, 5) is 23.1. The van der Waals surface area contributed by atoms with Crippen LogP contribution in [0, 0.1) is 0 Å². The van der Waals surface area contributed by atoms with Crippen molar-refractivity contribution >= 4 is 62.4 Å². The Bertz CT molecular complexity index is 1000. The lowest BCUT2D eigenvalue weighted by molar-refractivity contribution is -0.114. The molecule has 3 aromatic rings. The highest BCUT2D eigenvalue weighted by atomic mass is 35.5. The molecule has 0 atom stereocenters. The van der Waals surface area contributed by atoms with E-state index in [-0.39, 0.29) is 18.3 Å². The zero-order valence-electron chi connectivity index (χ0n) is 17.4. The third kappa shape index (κ3) is 6.05. The van der Waals surface area contributed by atoms with Gasteiger partial charge in [-0.1, -0.05) is 23.5 Å². The molecule has 1 aliphatic rings. The van der Waals surface area contributed by atoms with Crippen molar-refractivity contribution in [2.75, 3.05) is 50.9 Å². The molecule has 0 radical (unpaired) electrons. The average Bonchev–Trinajstić information content (AvgIpc) is 3.44. The highest BCUT2D eigenvalue weighted by molar-refractivity contribution is 7.22. The summed E-state index contributed by atoms with van der Waals surface area (Å²) in [6.45, 7) is 7.17.